The molecule has 0 aliphatic carbocycles. The van der Waals surface area contributed by atoms with Crippen LogP contribution in [0.15, 0.2) is 12.5 Å². The molecule has 1 aromatic heterocycles. The van der Waals surface area contributed by atoms with Crippen molar-refractivity contribution >= 4 is 23.5 Å². The van der Waals surface area contributed by atoms with Crippen LogP contribution >= 0.6 is 11.8 Å². The van der Waals surface area contributed by atoms with Crippen LogP contribution in [0.3, 0.4) is 0 Å². The van der Waals surface area contributed by atoms with E-state index in [1.807, 2.05) is 11.8 Å². The summed E-state index contributed by atoms with van der Waals surface area (Å²) in [5, 5.41) is 9.15. The highest BCUT2D eigenvalue weighted by Crippen LogP contribution is 2.25. The SMILES string of the molecule is CSCC1CCCN(c2ncncc2C(=O)O)C1. The van der Waals surface area contributed by atoms with Gasteiger partial charge in [0.1, 0.15) is 17.7 Å². The number of rotatable bonds is 4. The van der Waals surface area contributed by atoms with Gasteiger partial charge in [0.25, 0.3) is 0 Å². The third kappa shape index (κ3) is 2.93. The van der Waals surface area contributed by atoms with Crippen molar-refractivity contribution in [3.63, 3.8) is 0 Å². The average Bonchev–Trinajstić information content (AvgIpc) is 2.39. The minimum atomic E-state index is -0.961. The van der Waals surface area contributed by atoms with E-state index in [2.05, 4.69) is 21.1 Å². The van der Waals surface area contributed by atoms with E-state index in [0.717, 1.165) is 25.3 Å². The van der Waals surface area contributed by atoms with E-state index in [4.69, 9.17) is 5.11 Å². The summed E-state index contributed by atoms with van der Waals surface area (Å²) in [6.07, 6.45) is 7.20. The Morgan fingerprint density at radius 1 is 1.67 bits per heavy atom. The summed E-state index contributed by atoms with van der Waals surface area (Å²) in [5.74, 6) is 1.33. The molecule has 0 saturated carbocycles. The molecule has 0 aromatic carbocycles. The van der Waals surface area contributed by atoms with Crippen LogP contribution in [0.1, 0.15) is 23.2 Å². The van der Waals surface area contributed by atoms with Crippen molar-refractivity contribution in [2.45, 2.75) is 12.8 Å². The van der Waals surface area contributed by atoms with Gasteiger partial charge in [-0.1, -0.05) is 0 Å². The Kier molecular flexibility index (Phi) is 4.41. The van der Waals surface area contributed by atoms with Gasteiger partial charge in [0.2, 0.25) is 0 Å². The summed E-state index contributed by atoms with van der Waals surface area (Å²) >= 11 is 1.84. The molecule has 1 N–H and O–H groups in total. The Morgan fingerprint density at radius 2 is 2.50 bits per heavy atom. The number of anilines is 1. The number of carboxylic acids is 1. The number of thioether (sulfide) groups is 1. The minimum absolute atomic E-state index is 0.197. The Bertz CT molecular complexity index is 426. The molecule has 18 heavy (non-hydrogen) atoms. The zero-order valence-electron chi connectivity index (χ0n) is 10.4. The van der Waals surface area contributed by atoms with Gasteiger partial charge >= 0.3 is 5.97 Å². The summed E-state index contributed by atoms with van der Waals surface area (Å²) in [6, 6.07) is 0. The van der Waals surface area contributed by atoms with Crippen molar-refractivity contribution in [2.24, 2.45) is 5.92 Å². The van der Waals surface area contributed by atoms with Gasteiger partial charge in [-0.3, -0.25) is 0 Å². The van der Waals surface area contributed by atoms with Gasteiger partial charge in [-0.05, 0) is 30.8 Å². The Hall–Kier alpha value is -1.30. The van der Waals surface area contributed by atoms with Crippen LogP contribution in [-0.4, -0.2) is 46.1 Å². The van der Waals surface area contributed by atoms with Crippen molar-refractivity contribution < 1.29 is 9.90 Å². The highest BCUT2D eigenvalue weighted by Gasteiger charge is 2.24. The molecule has 0 amide bonds. The van der Waals surface area contributed by atoms with Gasteiger partial charge in [-0.25, -0.2) is 14.8 Å². The third-order valence-corrected chi connectivity index (χ3v) is 3.95. The molecule has 1 fully saturated rings. The van der Waals surface area contributed by atoms with E-state index >= 15 is 0 Å². The maximum Gasteiger partial charge on any atom is 0.341 e. The standard InChI is InChI=1S/C12H17N3O2S/c1-18-7-9-3-2-4-15(6-9)11-10(12(16)17)5-13-8-14-11/h5,8-9H,2-4,6-7H2,1H3,(H,16,17). The number of carboxylic acid groups (broad SMARTS) is 1. The van der Waals surface area contributed by atoms with Gasteiger partial charge in [0, 0.05) is 19.3 Å². The Balaban J connectivity index is 2.18. The molecule has 0 bridgehead atoms. The molecular formula is C12H17N3O2S. The highest BCUT2D eigenvalue weighted by molar-refractivity contribution is 7.98. The molecule has 1 aliphatic rings. The lowest BCUT2D eigenvalue weighted by Crippen LogP contribution is -2.37. The predicted molar refractivity (Wildman–Crippen MR) is 72.3 cm³/mol. The summed E-state index contributed by atoms with van der Waals surface area (Å²) in [4.78, 5) is 21.2. The number of hydrogen-bond acceptors (Lipinski definition) is 5. The number of carbonyl (C=O) groups is 1. The molecule has 98 valence electrons. The molecule has 6 heteroatoms. The molecule has 1 saturated heterocycles. The molecule has 5 nitrogen and oxygen atoms in total. The zero-order valence-corrected chi connectivity index (χ0v) is 11.2. The number of nitrogens with zero attached hydrogens (tertiary/aromatic N) is 3. The lowest BCUT2D eigenvalue weighted by molar-refractivity contribution is 0.0696. The first kappa shape index (κ1) is 13.1. The van der Waals surface area contributed by atoms with E-state index in [-0.39, 0.29) is 5.56 Å². The molecule has 1 unspecified atom stereocenters. The molecule has 1 atom stereocenters. The van der Waals surface area contributed by atoms with Crippen LogP contribution in [0, 0.1) is 5.92 Å². The van der Waals surface area contributed by atoms with Crippen LogP contribution < -0.4 is 4.90 Å². The number of aromatic nitrogens is 2. The molecule has 0 radical (unpaired) electrons. The first-order chi connectivity index (χ1) is 8.72. The van der Waals surface area contributed by atoms with Crippen LogP contribution in [0.25, 0.3) is 0 Å². The lowest BCUT2D eigenvalue weighted by Gasteiger charge is -2.33. The van der Waals surface area contributed by atoms with E-state index in [0.29, 0.717) is 11.7 Å². The average molecular weight is 267 g/mol. The normalized spacial score (nSPS) is 19.8. The van der Waals surface area contributed by atoms with Gasteiger partial charge in [0.15, 0.2) is 0 Å². The van der Waals surface area contributed by atoms with Crippen molar-refractivity contribution in [1.82, 2.24) is 9.97 Å². The summed E-state index contributed by atoms with van der Waals surface area (Å²) < 4.78 is 0. The van der Waals surface area contributed by atoms with Crippen molar-refractivity contribution in [3.05, 3.63) is 18.1 Å². The van der Waals surface area contributed by atoms with Crippen molar-refractivity contribution in [2.75, 3.05) is 30.0 Å². The van der Waals surface area contributed by atoms with Crippen molar-refractivity contribution in [3.8, 4) is 0 Å². The zero-order chi connectivity index (χ0) is 13.0. The molecule has 1 aliphatic heterocycles. The molecule has 2 rings (SSSR count). The van der Waals surface area contributed by atoms with E-state index in [1.165, 1.54) is 18.9 Å². The van der Waals surface area contributed by atoms with Gasteiger partial charge < -0.3 is 10.0 Å². The van der Waals surface area contributed by atoms with E-state index in [9.17, 15) is 4.79 Å². The second-order valence-corrected chi connectivity index (χ2v) is 5.39. The second-order valence-electron chi connectivity index (χ2n) is 4.47. The minimum Gasteiger partial charge on any atom is -0.477 e. The van der Waals surface area contributed by atoms with Crippen LogP contribution in [0.2, 0.25) is 0 Å². The van der Waals surface area contributed by atoms with Crippen LogP contribution in [0.4, 0.5) is 5.82 Å². The fourth-order valence-electron chi connectivity index (χ4n) is 2.36. The highest BCUT2D eigenvalue weighted by atomic mass is 32.2. The summed E-state index contributed by atoms with van der Waals surface area (Å²) in [5.41, 5.74) is 0.197. The second kappa shape index (κ2) is 6.04. The monoisotopic (exact) mass is 267 g/mol. The fraction of sp³-hybridized carbons (Fsp3) is 0.583. The predicted octanol–water partition coefficient (Wildman–Crippen LogP) is 1.75. The smallest absolute Gasteiger partial charge is 0.341 e. The summed E-state index contributed by atoms with van der Waals surface area (Å²) in [7, 11) is 0. The van der Waals surface area contributed by atoms with Gasteiger partial charge in [-0.2, -0.15) is 11.8 Å². The lowest BCUT2D eigenvalue weighted by atomic mass is 10.00. The maximum atomic E-state index is 11.2. The maximum absolute atomic E-state index is 11.2. The Morgan fingerprint density at radius 3 is 3.22 bits per heavy atom. The topological polar surface area (TPSA) is 66.3 Å². The first-order valence-corrected chi connectivity index (χ1v) is 7.39. The van der Waals surface area contributed by atoms with E-state index < -0.39 is 5.97 Å². The van der Waals surface area contributed by atoms with E-state index in [1.54, 1.807) is 0 Å². The van der Waals surface area contributed by atoms with Gasteiger partial charge in [0.05, 0.1) is 0 Å². The molecular weight excluding hydrogens is 250 g/mol. The molecule has 1 aromatic rings. The van der Waals surface area contributed by atoms with Crippen molar-refractivity contribution in [1.29, 1.82) is 0 Å². The largest absolute Gasteiger partial charge is 0.477 e. The van der Waals surface area contributed by atoms with Gasteiger partial charge in [-0.15, -0.1) is 0 Å². The third-order valence-electron chi connectivity index (χ3n) is 3.14. The quantitative estimate of drug-likeness (QED) is 0.896. The van der Waals surface area contributed by atoms with Crippen LogP contribution in [0.5, 0.6) is 0 Å². The fourth-order valence-corrected chi connectivity index (χ4v) is 3.10. The summed E-state index contributed by atoms with van der Waals surface area (Å²) in [6.45, 7) is 1.76. The number of hydrogen-bond donors (Lipinski definition) is 1. The molecule has 0 spiro atoms. The number of piperidine rings is 1. The Labute approximate surface area is 111 Å². The van der Waals surface area contributed by atoms with Crippen LogP contribution in [-0.2, 0) is 0 Å². The molecule has 2 heterocycles. The first-order valence-electron chi connectivity index (χ1n) is 5.99. The number of aromatic carboxylic acids is 1.